The van der Waals surface area contributed by atoms with Gasteiger partial charge >= 0.3 is 0 Å². The summed E-state index contributed by atoms with van der Waals surface area (Å²) in [7, 11) is 7.29. The second kappa shape index (κ2) is 11.3. The summed E-state index contributed by atoms with van der Waals surface area (Å²) in [6.45, 7) is 0. The quantitative estimate of drug-likeness (QED) is 0.330. The van der Waals surface area contributed by atoms with Crippen molar-refractivity contribution in [3.63, 3.8) is 0 Å². The van der Waals surface area contributed by atoms with Gasteiger partial charge in [0, 0.05) is 51.7 Å². The van der Waals surface area contributed by atoms with Gasteiger partial charge in [0.05, 0.1) is 39.9 Å². The third kappa shape index (κ3) is 5.21. The van der Waals surface area contributed by atoms with Crippen LogP contribution in [0.4, 0.5) is 0 Å². The molecule has 2 aliphatic carbocycles. The third-order valence-electron chi connectivity index (χ3n) is 6.17. The predicted octanol–water partition coefficient (Wildman–Crippen LogP) is -0.0772. The van der Waals surface area contributed by atoms with Crippen LogP contribution in [0.3, 0.4) is 0 Å². The number of hydrogen-bond donors (Lipinski definition) is 2. The minimum Gasteiger partial charge on any atom is -0.499 e. The van der Waals surface area contributed by atoms with Crippen molar-refractivity contribution in [1.82, 2.24) is 0 Å². The third-order valence-corrected chi connectivity index (χ3v) is 7.63. The van der Waals surface area contributed by atoms with Crippen LogP contribution in [0.1, 0.15) is 0 Å². The van der Waals surface area contributed by atoms with Crippen LogP contribution >= 0.6 is 0 Å². The highest BCUT2D eigenvalue weighted by atomic mass is 32.2. The molecule has 35 heavy (non-hydrogen) atoms. The molecule has 0 aromatic rings. The largest absolute Gasteiger partial charge is 0.499 e. The Labute approximate surface area is 206 Å². The maximum Gasteiger partial charge on any atom is 0.214 e. The second-order valence-electron chi connectivity index (χ2n) is 7.77. The SMILES string of the molecule is COC1=CC(OC)(OC)C(N)C(OC)=C1CS(=O)(=O)CC1=C(OC)C(N)C(OC)(OC)C=C1OC. The average molecular weight is 521 g/mol. The Morgan fingerprint density at radius 3 is 1.20 bits per heavy atom. The van der Waals surface area contributed by atoms with Gasteiger partial charge in [-0.1, -0.05) is 0 Å². The van der Waals surface area contributed by atoms with E-state index in [-0.39, 0.29) is 34.2 Å². The van der Waals surface area contributed by atoms with Crippen molar-refractivity contribution in [3.8, 4) is 0 Å². The van der Waals surface area contributed by atoms with Crippen LogP contribution in [0, 0.1) is 0 Å². The summed E-state index contributed by atoms with van der Waals surface area (Å²) >= 11 is 0. The zero-order valence-corrected chi connectivity index (χ0v) is 22.2. The Morgan fingerprint density at radius 1 is 0.657 bits per heavy atom. The normalized spacial score (nSPS) is 24.1. The summed E-state index contributed by atoms with van der Waals surface area (Å²) < 4.78 is 70.7. The Balaban J connectivity index is 2.54. The molecule has 0 bridgehead atoms. The maximum atomic E-state index is 13.5. The Bertz CT molecular complexity index is 933. The lowest BCUT2D eigenvalue weighted by Gasteiger charge is -2.39. The summed E-state index contributed by atoms with van der Waals surface area (Å²) in [5.74, 6) is -3.06. The van der Waals surface area contributed by atoms with Gasteiger partial charge in [-0.15, -0.1) is 0 Å². The first-order valence-electron chi connectivity index (χ1n) is 10.5. The molecule has 0 saturated carbocycles. The fourth-order valence-electron chi connectivity index (χ4n) is 4.25. The fraction of sp³-hybridized carbons (Fsp3) is 0.636. The van der Waals surface area contributed by atoms with E-state index in [1.54, 1.807) is 0 Å². The first-order valence-corrected chi connectivity index (χ1v) is 12.3. The molecule has 12 nitrogen and oxygen atoms in total. The van der Waals surface area contributed by atoms with Crippen molar-refractivity contribution >= 4 is 9.84 Å². The molecule has 0 heterocycles. The van der Waals surface area contributed by atoms with Crippen molar-refractivity contribution in [2.24, 2.45) is 11.5 Å². The van der Waals surface area contributed by atoms with Crippen LogP contribution in [0.25, 0.3) is 0 Å². The van der Waals surface area contributed by atoms with Crippen LogP contribution in [0.5, 0.6) is 0 Å². The van der Waals surface area contributed by atoms with Crippen LogP contribution in [0.2, 0.25) is 0 Å². The van der Waals surface area contributed by atoms with Gasteiger partial charge in [0.25, 0.3) is 0 Å². The van der Waals surface area contributed by atoms with Gasteiger partial charge < -0.3 is 49.4 Å². The van der Waals surface area contributed by atoms with Gasteiger partial charge in [-0.2, -0.15) is 0 Å². The second-order valence-corrected chi connectivity index (χ2v) is 9.83. The molecule has 4 N–H and O–H groups in total. The van der Waals surface area contributed by atoms with Gasteiger partial charge in [-0.05, 0) is 0 Å². The van der Waals surface area contributed by atoms with Crippen LogP contribution in [0.15, 0.2) is 46.3 Å². The van der Waals surface area contributed by atoms with E-state index in [9.17, 15) is 8.42 Å². The highest BCUT2D eigenvalue weighted by molar-refractivity contribution is 7.91. The molecule has 2 atom stereocenters. The van der Waals surface area contributed by atoms with E-state index in [0.29, 0.717) is 0 Å². The molecule has 13 heteroatoms. The van der Waals surface area contributed by atoms with E-state index in [4.69, 9.17) is 49.4 Å². The number of methoxy groups -OCH3 is 8. The lowest BCUT2D eigenvalue weighted by Crippen LogP contribution is -2.54. The monoisotopic (exact) mass is 520 g/mol. The van der Waals surface area contributed by atoms with Crippen molar-refractivity contribution < 1.29 is 46.3 Å². The Kier molecular flexibility index (Phi) is 9.39. The number of hydrogen-bond acceptors (Lipinski definition) is 12. The molecule has 0 aromatic heterocycles. The first-order chi connectivity index (χ1) is 16.5. The first kappa shape index (κ1) is 29.1. The van der Waals surface area contributed by atoms with Gasteiger partial charge in [-0.3, -0.25) is 0 Å². The Hall–Kier alpha value is -2.13. The van der Waals surface area contributed by atoms with E-state index >= 15 is 0 Å². The maximum absolute atomic E-state index is 13.5. The predicted molar refractivity (Wildman–Crippen MR) is 126 cm³/mol. The molecule has 0 aromatic carbocycles. The standard InChI is InChI=1S/C22H36N2O10S/c1-27-15-9-21(31-5,32-6)19(23)17(29-3)13(15)11-35(25,26)12-14-16(28-2)10-22(33-7,34-8)20(24)18(14)30-4/h9-10,19-20H,11-12,23-24H2,1-8H3. The van der Waals surface area contributed by atoms with E-state index in [2.05, 4.69) is 0 Å². The molecule has 0 spiro atoms. The molecule has 2 unspecified atom stereocenters. The zero-order chi connectivity index (χ0) is 26.6. The summed E-state index contributed by atoms with van der Waals surface area (Å²) in [5.41, 5.74) is 13.1. The highest BCUT2D eigenvalue weighted by Crippen LogP contribution is 2.38. The van der Waals surface area contributed by atoms with Crippen molar-refractivity contribution in [1.29, 1.82) is 0 Å². The van der Waals surface area contributed by atoms with Crippen LogP contribution in [-0.4, -0.2) is 100 Å². The van der Waals surface area contributed by atoms with E-state index < -0.39 is 45.0 Å². The molecule has 0 saturated heterocycles. The number of ether oxygens (including phenoxy) is 8. The summed E-state index contributed by atoms with van der Waals surface area (Å²) in [6, 6.07) is -1.91. The molecule has 0 radical (unpaired) electrons. The minimum atomic E-state index is -3.89. The Morgan fingerprint density at radius 2 is 0.971 bits per heavy atom. The van der Waals surface area contributed by atoms with E-state index in [1.807, 2.05) is 0 Å². The zero-order valence-electron chi connectivity index (χ0n) is 21.4. The van der Waals surface area contributed by atoms with Gasteiger partial charge in [-0.25, -0.2) is 8.42 Å². The summed E-state index contributed by atoms with van der Waals surface area (Å²) in [4.78, 5) is 0. The molecular formula is C22H36N2O10S. The van der Waals surface area contributed by atoms with E-state index in [0.717, 1.165) is 0 Å². The van der Waals surface area contributed by atoms with Gasteiger partial charge in [0.1, 0.15) is 35.1 Å². The summed E-state index contributed by atoms with van der Waals surface area (Å²) in [6.07, 6.45) is 2.96. The van der Waals surface area contributed by atoms with Gasteiger partial charge in [0.2, 0.25) is 11.6 Å². The van der Waals surface area contributed by atoms with E-state index in [1.165, 1.54) is 69.0 Å². The lowest BCUT2D eigenvalue weighted by molar-refractivity contribution is -0.186. The highest BCUT2D eigenvalue weighted by Gasteiger charge is 2.47. The minimum absolute atomic E-state index is 0.151. The lowest BCUT2D eigenvalue weighted by atomic mass is 9.94. The average Bonchev–Trinajstić information content (AvgIpc) is 2.85. The molecule has 200 valence electrons. The molecular weight excluding hydrogens is 484 g/mol. The topological polar surface area (TPSA) is 160 Å². The molecule has 0 amide bonds. The number of rotatable bonds is 12. The number of sulfone groups is 1. The molecule has 0 fully saturated rings. The number of nitrogens with two attached hydrogens (primary N) is 2. The fourth-order valence-corrected chi connectivity index (χ4v) is 5.80. The van der Waals surface area contributed by atoms with Crippen LogP contribution < -0.4 is 11.5 Å². The molecule has 0 aliphatic heterocycles. The van der Waals surface area contributed by atoms with Crippen molar-refractivity contribution in [3.05, 3.63) is 46.3 Å². The van der Waals surface area contributed by atoms with Crippen molar-refractivity contribution in [2.45, 2.75) is 23.7 Å². The van der Waals surface area contributed by atoms with Crippen molar-refractivity contribution in [2.75, 3.05) is 68.4 Å². The van der Waals surface area contributed by atoms with Crippen LogP contribution in [-0.2, 0) is 47.7 Å². The molecule has 2 rings (SSSR count). The number of allylic oxidation sites excluding steroid dienone is 2. The smallest absolute Gasteiger partial charge is 0.214 e. The van der Waals surface area contributed by atoms with Gasteiger partial charge in [0.15, 0.2) is 9.84 Å². The molecule has 2 aliphatic rings. The summed E-state index contributed by atoms with van der Waals surface area (Å²) in [5, 5.41) is 0.